The molecule has 5 heteroatoms. The van der Waals surface area contributed by atoms with E-state index < -0.39 is 0 Å². The van der Waals surface area contributed by atoms with Gasteiger partial charge in [-0.2, -0.15) is 0 Å². The van der Waals surface area contributed by atoms with E-state index in [9.17, 15) is 5.11 Å². The summed E-state index contributed by atoms with van der Waals surface area (Å²) >= 11 is 1.75. The van der Waals surface area contributed by atoms with Gasteiger partial charge in [0.05, 0.1) is 17.7 Å². The molecule has 0 spiro atoms. The third-order valence-corrected chi connectivity index (χ3v) is 5.43. The number of anilines is 1. The van der Waals surface area contributed by atoms with E-state index in [2.05, 4.69) is 38.9 Å². The Hall–Kier alpha value is -1.98. The molecule has 4 rings (SSSR count). The summed E-state index contributed by atoms with van der Waals surface area (Å²) in [6.07, 6.45) is 1.53. The first kappa shape index (κ1) is 14.6. The molecule has 2 aromatic heterocycles. The molecule has 1 aromatic carbocycles. The number of aryl methyl sites for hydroxylation is 1. The van der Waals surface area contributed by atoms with E-state index in [1.54, 1.807) is 11.3 Å². The Labute approximate surface area is 139 Å². The van der Waals surface area contributed by atoms with Crippen LogP contribution in [-0.2, 0) is 0 Å². The van der Waals surface area contributed by atoms with Gasteiger partial charge in [0.2, 0.25) is 0 Å². The molecule has 0 unspecified atom stereocenters. The summed E-state index contributed by atoms with van der Waals surface area (Å²) in [5.74, 6) is 2.09. The highest BCUT2D eigenvalue weighted by Crippen LogP contribution is 2.41. The van der Waals surface area contributed by atoms with Crippen molar-refractivity contribution in [2.45, 2.75) is 31.9 Å². The number of hydrogen-bond donors (Lipinski definition) is 2. The van der Waals surface area contributed by atoms with E-state index in [-0.39, 0.29) is 12.1 Å². The maximum atomic E-state index is 9.70. The van der Waals surface area contributed by atoms with Crippen LogP contribution in [0.25, 0.3) is 10.9 Å². The lowest BCUT2D eigenvalue weighted by molar-refractivity contribution is 0.0344. The number of nitrogens with one attached hydrogen (secondary N) is 1. The van der Waals surface area contributed by atoms with Crippen molar-refractivity contribution in [3.8, 4) is 0 Å². The Kier molecular flexibility index (Phi) is 3.75. The zero-order valence-electron chi connectivity index (χ0n) is 12.9. The molecule has 1 atom stereocenters. The Morgan fingerprint density at radius 1 is 1.17 bits per heavy atom. The van der Waals surface area contributed by atoms with Crippen LogP contribution in [0.1, 0.15) is 29.6 Å². The molecular weight excluding hydrogens is 306 g/mol. The highest BCUT2D eigenvalue weighted by Gasteiger charge is 2.35. The normalized spacial score (nSPS) is 21.8. The number of aliphatic hydroxyl groups is 1. The smallest absolute Gasteiger partial charge is 0.138 e. The van der Waals surface area contributed by atoms with Crippen molar-refractivity contribution < 1.29 is 5.11 Å². The largest absolute Gasteiger partial charge is 0.393 e. The zero-order chi connectivity index (χ0) is 15.8. The third kappa shape index (κ3) is 2.82. The molecule has 0 saturated heterocycles. The van der Waals surface area contributed by atoms with Crippen LogP contribution in [-0.4, -0.2) is 21.2 Å². The fourth-order valence-electron chi connectivity index (χ4n) is 3.24. The van der Waals surface area contributed by atoms with Crippen LogP contribution in [0.2, 0.25) is 0 Å². The first-order valence-corrected chi connectivity index (χ1v) is 8.80. The van der Waals surface area contributed by atoms with E-state index in [1.807, 2.05) is 25.1 Å². The lowest BCUT2D eigenvalue weighted by Crippen LogP contribution is -2.35. The first-order chi connectivity index (χ1) is 11.2. The van der Waals surface area contributed by atoms with Crippen molar-refractivity contribution in [3.63, 3.8) is 0 Å². The molecule has 4 nitrogen and oxygen atoms in total. The molecule has 1 aliphatic rings. The lowest BCUT2D eigenvalue weighted by atomic mass is 9.76. The van der Waals surface area contributed by atoms with Crippen molar-refractivity contribution in [2.75, 3.05) is 5.32 Å². The topological polar surface area (TPSA) is 58.0 Å². The summed E-state index contributed by atoms with van der Waals surface area (Å²) in [5, 5.41) is 16.5. The lowest BCUT2D eigenvalue weighted by Gasteiger charge is -2.38. The average Bonchev–Trinajstić information content (AvgIpc) is 3.03. The molecule has 1 fully saturated rings. The maximum Gasteiger partial charge on any atom is 0.138 e. The van der Waals surface area contributed by atoms with Gasteiger partial charge in [0, 0.05) is 10.3 Å². The van der Waals surface area contributed by atoms with Gasteiger partial charge >= 0.3 is 0 Å². The van der Waals surface area contributed by atoms with Crippen molar-refractivity contribution in [2.24, 2.45) is 5.92 Å². The predicted molar refractivity (Wildman–Crippen MR) is 93.7 cm³/mol. The molecule has 23 heavy (non-hydrogen) atoms. The van der Waals surface area contributed by atoms with E-state index in [0.717, 1.165) is 35.4 Å². The van der Waals surface area contributed by atoms with E-state index in [4.69, 9.17) is 0 Å². The van der Waals surface area contributed by atoms with Crippen molar-refractivity contribution in [3.05, 3.63) is 52.5 Å². The number of thiophene rings is 1. The maximum absolute atomic E-state index is 9.70. The van der Waals surface area contributed by atoms with E-state index >= 15 is 0 Å². The third-order valence-electron chi connectivity index (χ3n) is 4.48. The summed E-state index contributed by atoms with van der Waals surface area (Å²) in [4.78, 5) is 10.4. The van der Waals surface area contributed by atoms with Gasteiger partial charge in [-0.15, -0.1) is 11.3 Å². The van der Waals surface area contributed by atoms with Crippen LogP contribution in [0, 0.1) is 12.8 Å². The van der Waals surface area contributed by atoms with Crippen LogP contribution >= 0.6 is 11.3 Å². The van der Waals surface area contributed by atoms with Gasteiger partial charge in [-0.05, 0) is 49.3 Å². The second-order valence-electron chi connectivity index (χ2n) is 6.16. The van der Waals surface area contributed by atoms with Crippen LogP contribution in [0.15, 0.2) is 41.8 Å². The molecule has 1 saturated carbocycles. The number of para-hydroxylation sites is 1. The molecule has 0 amide bonds. The SMILES string of the molecule is Cc1nc(N[C@H](c2cccs2)C2CC(O)C2)c2ccccc2n1. The second-order valence-corrected chi connectivity index (χ2v) is 7.14. The molecule has 0 aliphatic heterocycles. The van der Waals surface area contributed by atoms with Crippen LogP contribution < -0.4 is 5.32 Å². The van der Waals surface area contributed by atoms with Gasteiger partial charge in [-0.1, -0.05) is 18.2 Å². The Morgan fingerprint density at radius 3 is 2.74 bits per heavy atom. The number of benzene rings is 1. The summed E-state index contributed by atoms with van der Waals surface area (Å²) in [5.41, 5.74) is 0.959. The fourth-order valence-corrected chi connectivity index (χ4v) is 4.11. The minimum atomic E-state index is -0.159. The van der Waals surface area contributed by atoms with E-state index in [0.29, 0.717) is 5.92 Å². The summed E-state index contributed by atoms with van der Waals surface area (Å²) < 4.78 is 0. The number of nitrogens with zero attached hydrogens (tertiary/aromatic N) is 2. The van der Waals surface area contributed by atoms with Gasteiger partial charge in [-0.25, -0.2) is 9.97 Å². The van der Waals surface area contributed by atoms with Gasteiger partial charge in [0.15, 0.2) is 0 Å². The monoisotopic (exact) mass is 325 g/mol. The molecule has 118 valence electrons. The molecular formula is C18H19N3OS. The molecule has 2 heterocycles. The van der Waals surface area contributed by atoms with Gasteiger partial charge in [0.1, 0.15) is 11.6 Å². The van der Waals surface area contributed by atoms with E-state index in [1.165, 1.54) is 4.88 Å². The number of hydrogen-bond acceptors (Lipinski definition) is 5. The highest BCUT2D eigenvalue weighted by atomic mass is 32.1. The van der Waals surface area contributed by atoms with Crippen molar-refractivity contribution in [1.82, 2.24) is 9.97 Å². The predicted octanol–water partition coefficient (Wildman–Crippen LogP) is 3.92. The Morgan fingerprint density at radius 2 is 2.00 bits per heavy atom. The average molecular weight is 325 g/mol. The van der Waals surface area contributed by atoms with Gasteiger partial charge < -0.3 is 10.4 Å². The summed E-state index contributed by atoms with van der Waals surface area (Å²) in [6.45, 7) is 1.92. The fraction of sp³-hybridized carbons (Fsp3) is 0.333. The molecule has 0 radical (unpaired) electrons. The first-order valence-electron chi connectivity index (χ1n) is 7.92. The second kappa shape index (κ2) is 5.91. The van der Waals surface area contributed by atoms with Crippen LogP contribution in [0.4, 0.5) is 5.82 Å². The standard InChI is InChI=1S/C18H19N3OS/c1-11-19-15-6-3-2-5-14(15)18(20-11)21-17(12-9-13(22)10-12)16-7-4-8-23-16/h2-8,12-13,17,22H,9-10H2,1H3,(H,19,20,21)/t12?,13?,17-/m0/s1. The van der Waals surface area contributed by atoms with Crippen molar-refractivity contribution in [1.29, 1.82) is 0 Å². The number of fused-ring (bicyclic) bond motifs is 1. The van der Waals surface area contributed by atoms with Crippen LogP contribution in [0.3, 0.4) is 0 Å². The van der Waals surface area contributed by atoms with Crippen molar-refractivity contribution >= 4 is 28.1 Å². The minimum Gasteiger partial charge on any atom is -0.393 e. The minimum absolute atomic E-state index is 0.159. The molecule has 1 aliphatic carbocycles. The quantitative estimate of drug-likeness (QED) is 0.763. The summed E-state index contributed by atoms with van der Waals surface area (Å²) in [6, 6.07) is 12.5. The number of aromatic nitrogens is 2. The zero-order valence-corrected chi connectivity index (χ0v) is 13.8. The Balaban J connectivity index is 1.72. The Bertz CT molecular complexity index is 812. The number of rotatable bonds is 4. The van der Waals surface area contributed by atoms with Gasteiger partial charge in [0.25, 0.3) is 0 Å². The highest BCUT2D eigenvalue weighted by molar-refractivity contribution is 7.10. The molecule has 3 aromatic rings. The van der Waals surface area contributed by atoms with Gasteiger partial charge in [-0.3, -0.25) is 0 Å². The number of aliphatic hydroxyl groups excluding tert-OH is 1. The molecule has 0 bridgehead atoms. The van der Waals surface area contributed by atoms with Crippen LogP contribution in [0.5, 0.6) is 0 Å². The molecule has 2 N–H and O–H groups in total. The summed E-state index contributed by atoms with van der Waals surface area (Å²) in [7, 11) is 0.